The first-order valence-electron chi connectivity index (χ1n) is 7.70. The molecule has 3 heterocycles. The Bertz CT molecular complexity index is 909. The number of hydrogen-bond acceptors (Lipinski definition) is 5. The van der Waals surface area contributed by atoms with Gasteiger partial charge in [-0.15, -0.1) is 11.3 Å². The van der Waals surface area contributed by atoms with E-state index in [1.165, 1.54) is 0 Å². The Kier molecular flexibility index (Phi) is 3.86. The maximum absolute atomic E-state index is 11.7. The van der Waals surface area contributed by atoms with Crippen LogP contribution >= 0.6 is 22.9 Å². The van der Waals surface area contributed by atoms with Crippen LogP contribution in [0, 0.1) is 0 Å². The molecule has 0 saturated carbocycles. The number of primary amides is 1. The Morgan fingerprint density at radius 2 is 2.08 bits per heavy atom. The summed E-state index contributed by atoms with van der Waals surface area (Å²) in [7, 11) is 0. The fourth-order valence-electron chi connectivity index (χ4n) is 3.12. The minimum atomic E-state index is -0.297. The second-order valence-electron chi connectivity index (χ2n) is 5.78. The van der Waals surface area contributed by atoms with Crippen molar-refractivity contribution in [2.45, 2.75) is 18.9 Å². The summed E-state index contributed by atoms with van der Waals surface area (Å²) in [5.74, 6) is 0.500. The van der Waals surface area contributed by atoms with Crippen molar-refractivity contribution >= 4 is 44.9 Å². The largest absolute Gasteiger partial charge is 0.368 e. The summed E-state index contributed by atoms with van der Waals surface area (Å²) < 4.78 is 0.982. The van der Waals surface area contributed by atoms with Crippen molar-refractivity contribution in [2.75, 3.05) is 11.4 Å². The summed E-state index contributed by atoms with van der Waals surface area (Å²) >= 11 is 7.59. The Morgan fingerprint density at radius 3 is 2.83 bits per heavy atom. The lowest BCUT2D eigenvalue weighted by Crippen LogP contribution is -2.40. The van der Waals surface area contributed by atoms with Crippen LogP contribution in [0.15, 0.2) is 36.7 Å². The van der Waals surface area contributed by atoms with Crippen LogP contribution in [-0.4, -0.2) is 28.5 Å². The lowest BCUT2D eigenvalue weighted by Gasteiger charge is -2.23. The SMILES string of the molecule is NC(=O)[C@H]1CCCN1c1ncnc2cc(-c3ccc(Cl)cc3)sc12. The first-order valence-corrected chi connectivity index (χ1v) is 8.89. The number of halogens is 1. The molecule has 0 unspecified atom stereocenters. The average molecular weight is 359 g/mol. The molecule has 2 N–H and O–H groups in total. The molecule has 1 atom stereocenters. The van der Waals surface area contributed by atoms with Crippen molar-refractivity contribution in [2.24, 2.45) is 5.73 Å². The van der Waals surface area contributed by atoms with Gasteiger partial charge in [0.2, 0.25) is 5.91 Å². The number of hydrogen-bond donors (Lipinski definition) is 1. The maximum Gasteiger partial charge on any atom is 0.240 e. The van der Waals surface area contributed by atoms with E-state index in [-0.39, 0.29) is 11.9 Å². The van der Waals surface area contributed by atoms with Crippen LogP contribution in [0.4, 0.5) is 5.82 Å². The summed E-state index contributed by atoms with van der Waals surface area (Å²) in [6.07, 6.45) is 3.26. The highest BCUT2D eigenvalue weighted by Crippen LogP contribution is 2.38. The van der Waals surface area contributed by atoms with E-state index >= 15 is 0 Å². The topological polar surface area (TPSA) is 72.1 Å². The third kappa shape index (κ3) is 2.61. The first kappa shape index (κ1) is 15.4. The zero-order valence-electron chi connectivity index (χ0n) is 12.8. The maximum atomic E-state index is 11.7. The van der Waals surface area contributed by atoms with Crippen molar-refractivity contribution < 1.29 is 4.79 Å². The van der Waals surface area contributed by atoms with E-state index in [1.54, 1.807) is 17.7 Å². The van der Waals surface area contributed by atoms with Gasteiger partial charge in [-0.2, -0.15) is 0 Å². The third-order valence-electron chi connectivity index (χ3n) is 4.27. The number of nitrogens with two attached hydrogens (primary N) is 1. The molecule has 1 fully saturated rings. The van der Waals surface area contributed by atoms with Gasteiger partial charge in [0.05, 0.1) is 10.2 Å². The molecule has 0 spiro atoms. The monoisotopic (exact) mass is 358 g/mol. The highest BCUT2D eigenvalue weighted by atomic mass is 35.5. The molecule has 122 valence electrons. The fourth-order valence-corrected chi connectivity index (χ4v) is 4.37. The van der Waals surface area contributed by atoms with Gasteiger partial charge in [0, 0.05) is 16.4 Å². The number of fused-ring (bicyclic) bond motifs is 1. The van der Waals surface area contributed by atoms with E-state index < -0.39 is 0 Å². The Morgan fingerprint density at radius 1 is 1.29 bits per heavy atom. The molecule has 0 bridgehead atoms. The van der Waals surface area contributed by atoms with Crippen molar-refractivity contribution in [3.8, 4) is 10.4 Å². The van der Waals surface area contributed by atoms with Crippen LogP contribution in [-0.2, 0) is 4.79 Å². The van der Waals surface area contributed by atoms with Gasteiger partial charge in [-0.25, -0.2) is 9.97 Å². The van der Waals surface area contributed by atoms with Crippen LogP contribution in [0.2, 0.25) is 5.02 Å². The number of benzene rings is 1. The average Bonchev–Trinajstić information content (AvgIpc) is 3.22. The van der Waals surface area contributed by atoms with E-state index in [0.29, 0.717) is 5.02 Å². The fraction of sp³-hybridized carbons (Fsp3) is 0.235. The molecule has 2 aromatic heterocycles. The van der Waals surface area contributed by atoms with Crippen LogP contribution in [0.25, 0.3) is 20.7 Å². The van der Waals surface area contributed by atoms with Gasteiger partial charge < -0.3 is 10.6 Å². The van der Waals surface area contributed by atoms with Gasteiger partial charge in [0.25, 0.3) is 0 Å². The third-order valence-corrected chi connectivity index (χ3v) is 5.70. The molecular formula is C17H15ClN4OS. The van der Waals surface area contributed by atoms with E-state index in [1.807, 2.05) is 35.2 Å². The van der Waals surface area contributed by atoms with Crippen molar-refractivity contribution in [3.63, 3.8) is 0 Å². The number of anilines is 1. The van der Waals surface area contributed by atoms with Crippen LogP contribution < -0.4 is 10.6 Å². The molecule has 0 radical (unpaired) electrons. The van der Waals surface area contributed by atoms with Crippen LogP contribution in [0.5, 0.6) is 0 Å². The molecular weight excluding hydrogens is 344 g/mol. The Balaban J connectivity index is 1.80. The highest BCUT2D eigenvalue weighted by molar-refractivity contribution is 7.22. The molecule has 3 aromatic rings. The minimum absolute atomic E-state index is 0.288. The summed E-state index contributed by atoms with van der Waals surface area (Å²) in [5.41, 5.74) is 7.51. The molecule has 1 amide bonds. The van der Waals surface area contributed by atoms with Crippen LogP contribution in [0.1, 0.15) is 12.8 Å². The lowest BCUT2D eigenvalue weighted by molar-refractivity contribution is -0.119. The first-order chi connectivity index (χ1) is 11.6. The predicted molar refractivity (Wildman–Crippen MR) is 97.4 cm³/mol. The molecule has 1 aromatic carbocycles. The zero-order valence-corrected chi connectivity index (χ0v) is 14.3. The van der Waals surface area contributed by atoms with Crippen molar-refractivity contribution in [1.82, 2.24) is 9.97 Å². The number of thiophene rings is 1. The molecule has 7 heteroatoms. The second-order valence-corrected chi connectivity index (χ2v) is 7.27. The number of rotatable bonds is 3. The predicted octanol–water partition coefficient (Wildman–Crippen LogP) is 3.47. The summed E-state index contributed by atoms with van der Waals surface area (Å²) in [6, 6.07) is 9.48. The van der Waals surface area contributed by atoms with E-state index in [0.717, 1.165) is 45.9 Å². The zero-order chi connectivity index (χ0) is 16.7. The van der Waals surface area contributed by atoms with Gasteiger partial charge in [-0.1, -0.05) is 23.7 Å². The molecule has 1 saturated heterocycles. The van der Waals surface area contributed by atoms with Gasteiger partial charge in [0.1, 0.15) is 12.4 Å². The van der Waals surface area contributed by atoms with E-state index in [9.17, 15) is 4.79 Å². The molecule has 0 aliphatic carbocycles. The van der Waals surface area contributed by atoms with Crippen molar-refractivity contribution in [3.05, 3.63) is 41.7 Å². The Labute approximate surface area is 148 Å². The molecule has 24 heavy (non-hydrogen) atoms. The van der Waals surface area contributed by atoms with E-state index in [4.69, 9.17) is 17.3 Å². The number of nitrogens with zero attached hydrogens (tertiary/aromatic N) is 3. The van der Waals surface area contributed by atoms with Gasteiger partial charge in [-0.05, 0) is 36.6 Å². The summed E-state index contributed by atoms with van der Waals surface area (Å²) in [5, 5.41) is 0.710. The minimum Gasteiger partial charge on any atom is -0.368 e. The quantitative estimate of drug-likeness (QED) is 0.778. The number of carbonyl (C=O) groups excluding carboxylic acids is 1. The normalized spacial score (nSPS) is 17.5. The van der Waals surface area contributed by atoms with E-state index in [2.05, 4.69) is 9.97 Å². The number of carbonyl (C=O) groups is 1. The van der Waals surface area contributed by atoms with Gasteiger partial charge in [-0.3, -0.25) is 4.79 Å². The molecule has 1 aliphatic heterocycles. The van der Waals surface area contributed by atoms with Gasteiger partial charge >= 0.3 is 0 Å². The standard InChI is InChI=1S/C17H15ClN4OS/c18-11-5-3-10(4-6-11)14-8-12-15(24-14)17(21-9-20-12)22-7-1-2-13(22)16(19)23/h3-6,8-9,13H,1-2,7H2,(H2,19,23)/t13-/m1/s1. The summed E-state index contributed by atoms with van der Waals surface area (Å²) in [4.78, 5) is 23.6. The molecule has 4 rings (SSSR count). The second kappa shape index (κ2) is 6.03. The summed E-state index contributed by atoms with van der Waals surface area (Å²) in [6.45, 7) is 0.786. The van der Waals surface area contributed by atoms with Gasteiger partial charge in [0.15, 0.2) is 5.82 Å². The Hall–Kier alpha value is -2.18. The smallest absolute Gasteiger partial charge is 0.240 e. The number of amides is 1. The molecule has 5 nitrogen and oxygen atoms in total. The van der Waals surface area contributed by atoms with Crippen LogP contribution in [0.3, 0.4) is 0 Å². The molecule has 1 aliphatic rings. The van der Waals surface area contributed by atoms with Crippen molar-refractivity contribution in [1.29, 1.82) is 0 Å². The highest BCUT2D eigenvalue weighted by Gasteiger charge is 2.31. The number of aromatic nitrogens is 2. The lowest BCUT2D eigenvalue weighted by atomic mass is 10.2.